The van der Waals surface area contributed by atoms with E-state index in [2.05, 4.69) is 5.32 Å². The summed E-state index contributed by atoms with van der Waals surface area (Å²) in [6.07, 6.45) is 0.533. The maximum absolute atomic E-state index is 11.8. The second kappa shape index (κ2) is 8.28. The normalized spacial score (nSPS) is 10.7. The Labute approximate surface area is 146 Å². The summed E-state index contributed by atoms with van der Waals surface area (Å²) in [5, 5.41) is 16.7. The topological polar surface area (TPSA) is 122 Å². The van der Waals surface area contributed by atoms with Crippen LogP contribution in [0.25, 0.3) is 0 Å². The number of carbonyl (C=O) groups is 1. The molecule has 25 heavy (non-hydrogen) atoms. The number of rotatable bonds is 7. The first-order valence-electron chi connectivity index (χ1n) is 7.40. The van der Waals surface area contributed by atoms with Gasteiger partial charge in [0.25, 0.3) is 5.91 Å². The van der Waals surface area contributed by atoms with Crippen molar-refractivity contribution in [2.24, 2.45) is 5.14 Å². The molecule has 0 saturated heterocycles. The number of carbonyl (C=O) groups excluding carboxylic acids is 1. The zero-order valence-electron chi connectivity index (χ0n) is 13.3. The van der Waals surface area contributed by atoms with E-state index in [1.807, 2.05) is 6.07 Å². The molecule has 0 spiro atoms. The molecule has 0 aliphatic heterocycles. The average Bonchev–Trinajstić information content (AvgIpc) is 2.60. The number of para-hydroxylation sites is 1. The summed E-state index contributed by atoms with van der Waals surface area (Å²) in [4.78, 5) is 11.8. The van der Waals surface area contributed by atoms with Crippen LogP contribution < -0.4 is 15.2 Å². The van der Waals surface area contributed by atoms with Crippen molar-refractivity contribution in [3.8, 4) is 11.8 Å². The standard InChI is InChI=1S/C17H17N3O4S/c18-11-14-3-1-2-4-16(14)24-12-17(21)20-10-9-13-5-7-15(8-6-13)25(19,22)23/h1-8H,9-10,12H2,(H,20,21)(H2,19,22,23). The van der Waals surface area contributed by atoms with Crippen LogP contribution in [0.1, 0.15) is 11.1 Å². The van der Waals surface area contributed by atoms with Crippen molar-refractivity contribution < 1.29 is 17.9 Å². The molecule has 0 fully saturated rings. The number of amides is 1. The van der Waals surface area contributed by atoms with Crippen molar-refractivity contribution in [1.82, 2.24) is 5.32 Å². The van der Waals surface area contributed by atoms with Crippen LogP contribution >= 0.6 is 0 Å². The van der Waals surface area contributed by atoms with Crippen LogP contribution in [0.2, 0.25) is 0 Å². The second-order valence-corrected chi connectivity index (χ2v) is 6.75. The Balaban J connectivity index is 1.78. The van der Waals surface area contributed by atoms with E-state index in [0.717, 1.165) is 5.56 Å². The molecule has 0 aromatic heterocycles. The Morgan fingerprint density at radius 2 is 1.84 bits per heavy atom. The SMILES string of the molecule is N#Cc1ccccc1OCC(=O)NCCc1ccc(S(N)(=O)=O)cc1. The van der Waals surface area contributed by atoms with E-state index in [-0.39, 0.29) is 17.4 Å². The first kappa shape index (κ1) is 18.4. The molecule has 3 N–H and O–H groups in total. The van der Waals surface area contributed by atoms with Crippen molar-refractivity contribution in [1.29, 1.82) is 5.26 Å². The fraction of sp³-hybridized carbons (Fsp3) is 0.176. The van der Waals surface area contributed by atoms with Gasteiger partial charge in [-0.1, -0.05) is 24.3 Å². The predicted octanol–water partition coefficient (Wildman–Crippen LogP) is 0.943. The Morgan fingerprint density at radius 3 is 2.48 bits per heavy atom. The monoisotopic (exact) mass is 359 g/mol. The summed E-state index contributed by atoms with van der Waals surface area (Å²) in [5.41, 5.74) is 1.23. The molecule has 0 aliphatic rings. The molecule has 1 amide bonds. The van der Waals surface area contributed by atoms with Gasteiger partial charge in [-0.3, -0.25) is 4.79 Å². The van der Waals surface area contributed by atoms with Crippen LogP contribution in [-0.2, 0) is 21.2 Å². The van der Waals surface area contributed by atoms with Crippen LogP contribution in [0.5, 0.6) is 5.75 Å². The summed E-state index contributed by atoms with van der Waals surface area (Å²) in [5.74, 6) is 0.0487. The molecule has 0 heterocycles. The van der Waals surface area contributed by atoms with Crippen LogP contribution in [0.15, 0.2) is 53.4 Å². The largest absolute Gasteiger partial charge is 0.482 e. The predicted molar refractivity (Wildman–Crippen MR) is 91.2 cm³/mol. The number of nitrogens with two attached hydrogens (primary N) is 1. The number of nitriles is 1. The van der Waals surface area contributed by atoms with Gasteiger partial charge in [0.15, 0.2) is 6.61 Å². The molecular formula is C17H17N3O4S. The van der Waals surface area contributed by atoms with Gasteiger partial charge < -0.3 is 10.1 Å². The number of hydrogen-bond acceptors (Lipinski definition) is 5. The summed E-state index contributed by atoms with van der Waals surface area (Å²) < 4.78 is 27.7. The number of primary sulfonamides is 1. The first-order valence-corrected chi connectivity index (χ1v) is 8.95. The second-order valence-electron chi connectivity index (χ2n) is 5.19. The lowest BCUT2D eigenvalue weighted by molar-refractivity contribution is -0.123. The molecule has 0 saturated carbocycles. The summed E-state index contributed by atoms with van der Waals surface area (Å²) in [7, 11) is -3.70. The highest BCUT2D eigenvalue weighted by Gasteiger charge is 2.08. The molecule has 7 nitrogen and oxygen atoms in total. The average molecular weight is 359 g/mol. The van der Waals surface area contributed by atoms with Gasteiger partial charge in [0.1, 0.15) is 11.8 Å². The van der Waals surface area contributed by atoms with Crippen LogP contribution in [0.4, 0.5) is 0 Å². The van der Waals surface area contributed by atoms with Crippen molar-refractivity contribution in [3.63, 3.8) is 0 Å². The smallest absolute Gasteiger partial charge is 0.257 e. The third-order valence-electron chi connectivity index (χ3n) is 3.35. The van der Waals surface area contributed by atoms with Crippen LogP contribution in [0.3, 0.4) is 0 Å². The summed E-state index contributed by atoms with van der Waals surface area (Å²) >= 11 is 0. The number of ether oxygens (including phenoxy) is 1. The highest BCUT2D eigenvalue weighted by atomic mass is 32.2. The zero-order valence-corrected chi connectivity index (χ0v) is 14.1. The Hall–Kier alpha value is -2.89. The number of nitrogens with zero attached hydrogens (tertiary/aromatic N) is 1. The van der Waals surface area contributed by atoms with E-state index >= 15 is 0 Å². The van der Waals surface area contributed by atoms with Gasteiger partial charge in [0.05, 0.1) is 10.5 Å². The molecule has 0 aliphatic carbocycles. The molecule has 2 aromatic carbocycles. The molecule has 0 bridgehead atoms. The van der Waals surface area contributed by atoms with Gasteiger partial charge in [-0.05, 0) is 36.2 Å². The molecule has 2 rings (SSSR count). The van der Waals surface area contributed by atoms with Crippen molar-refractivity contribution in [2.45, 2.75) is 11.3 Å². The Bertz CT molecular complexity index is 887. The van der Waals surface area contributed by atoms with Gasteiger partial charge in [0.2, 0.25) is 10.0 Å². The lowest BCUT2D eigenvalue weighted by Gasteiger charge is -2.08. The fourth-order valence-electron chi connectivity index (χ4n) is 2.07. The molecule has 0 unspecified atom stereocenters. The minimum atomic E-state index is -3.70. The molecule has 130 valence electrons. The van der Waals surface area contributed by atoms with E-state index in [4.69, 9.17) is 15.1 Å². The van der Waals surface area contributed by atoms with E-state index in [0.29, 0.717) is 24.3 Å². The third kappa shape index (κ3) is 5.60. The molecule has 0 atom stereocenters. The maximum Gasteiger partial charge on any atom is 0.257 e. The Morgan fingerprint density at radius 1 is 1.16 bits per heavy atom. The first-order chi connectivity index (χ1) is 11.9. The molecule has 8 heteroatoms. The van der Waals surface area contributed by atoms with Crippen molar-refractivity contribution >= 4 is 15.9 Å². The van der Waals surface area contributed by atoms with Crippen LogP contribution in [-0.4, -0.2) is 27.5 Å². The number of sulfonamides is 1. The van der Waals surface area contributed by atoms with E-state index < -0.39 is 10.0 Å². The zero-order chi connectivity index (χ0) is 18.3. The minimum Gasteiger partial charge on any atom is -0.482 e. The van der Waals surface area contributed by atoms with Crippen molar-refractivity contribution in [3.05, 3.63) is 59.7 Å². The fourth-order valence-corrected chi connectivity index (χ4v) is 2.59. The van der Waals surface area contributed by atoms with E-state index in [1.165, 1.54) is 12.1 Å². The molecule has 0 radical (unpaired) electrons. The molecular weight excluding hydrogens is 342 g/mol. The number of hydrogen-bond donors (Lipinski definition) is 2. The van der Waals surface area contributed by atoms with Gasteiger partial charge in [-0.25, -0.2) is 13.6 Å². The highest BCUT2D eigenvalue weighted by Crippen LogP contribution is 2.16. The van der Waals surface area contributed by atoms with Crippen molar-refractivity contribution in [2.75, 3.05) is 13.2 Å². The van der Waals surface area contributed by atoms with E-state index in [1.54, 1.807) is 36.4 Å². The van der Waals surface area contributed by atoms with Crippen LogP contribution in [0, 0.1) is 11.3 Å². The quantitative estimate of drug-likeness (QED) is 0.762. The summed E-state index contributed by atoms with van der Waals surface area (Å²) in [6, 6.07) is 14.8. The van der Waals surface area contributed by atoms with Gasteiger partial charge >= 0.3 is 0 Å². The highest BCUT2D eigenvalue weighted by molar-refractivity contribution is 7.89. The lowest BCUT2D eigenvalue weighted by Crippen LogP contribution is -2.30. The summed E-state index contributed by atoms with van der Waals surface area (Å²) in [6.45, 7) is 0.180. The minimum absolute atomic E-state index is 0.0462. The van der Waals surface area contributed by atoms with Gasteiger partial charge in [-0.15, -0.1) is 0 Å². The number of benzene rings is 2. The maximum atomic E-state index is 11.8. The Kier molecular flexibility index (Phi) is 6.11. The van der Waals surface area contributed by atoms with Gasteiger partial charge in [0, 0.05) is 6.54 Å². The number of nitrogens with one attached hydrogen (secondary N) is 1. The molecule has 2 aromatic rings. The lowest BCUT2D eigenvalue weighted by atomic mass is 10.1. The van der Waals surface area contributed by atoms with E-state index in [9.17, 15) is 13.2 Å². The van der Waals surface area contributed by atoms with Gasteiger partial charge in [-0.2, -0.15) is 5.26 Å². The third-order valence-corrected chi connectivity index (χ3v) is 4.28.